The average Bonchev–Trinajstić information content (AvgIpc) is 4.01. The topological polar surface area (TPSA) is 175 Å². The van der Waals surface area contributed by atoms with E-state index < -0.39 is 24.3 Å². The van der Waals surface area contributed by atoms with Crippen molar-refractivity contribution in [3.63, 3.8) is 0 Å². The summed E-state index contributed by atoms with van der Waals surface area (Å²) in [6, 6.07) is 13.3. The Morgan fingerprint density at radius 1 is 0.855 bits per heavy atom. The lowest BCUT2D eigenvalue weighted by Gasteiger charge is -2.30. The molecule has 3 aliphatic rings. The molecule has 0 spiro atoms. The zero-order valence-corrected chi connectivity index (χ0v) is 32.4. The van der Waals surface area contributed by atoms with Gasteiger partial charge in [0.1, 0.15) is 17.9 Å². The van der Waals surface area contributed by atoms with Gasteiger partial charge in [0.25, 0.3) is 0 Å². The van der Waals surface area contributed by atoms with Crippen molar-refractivity contribution in [3.8, 4) is 22.4 Å². The summed E-state index contributed by atoms with van der Waals surface area (Å²) < 4.78 is 9.36. The number of likely N-dealkylation sites (tertiary alicyclic amines) is 2. The number of hydrogen-bond acceptors (Lipinski definition) is 8. The maximum absolute atomic E-state index is 13.5. The van der Waals surface area contributed by atoms with Crippen molar-refractivity contribution >= 4 is 29.9 Å². The van der Waals surface area contributed by atoms with Gasteiger partial charge in [0.05, 0.1) is 32.2 Å². The van der Waals surface area contributed by atoms with E-state index in [1.807, 2.05) is 20.8 Å². The van der Waals surface area contributed by atoms with Crippen LogP contribution in [0.25, 0.3) is 22.4 Å². The zero-order chi connectivity index (χ0) is 39.2. The number of carbonyl (C=O) groups is 5. The van der Waals surface area contributed by atoms with Crippen LogP contribution >= 0.6 is 0 Å². The zero-order valence-electron chi connectivity index (χ0n) is 32.4. The number of rotatable bonds is 12. The van der Waals surface area contributed by atoms with E-state index in [9.17, 15) is 24.0 Å². The Morgan fingerprint density at radius 2 is 1.53 bits per heavy atom. The van der Waals surface area contributed by atoms with E-state index >= 15 is 0 Å². The van der Waals surface area contributed by atoms with E-state index in [0.717, 1.165) is 60.3 Å². The monoisotopic (exact) mass is 755 g/mol. The number of hydrogen-bond donors (Lipinski definition) is 4. The molecule has 2 unspecified atom stereocenters. The number of nitrogens with zero attached hydrogens (tertiary/aromatic N) is 3. The van der Waals surface area contributed by atoms with E-state index in [1.54, 1.807) is 16.0 Å². The molecule has 3 heterocycles. The van der Waals surface area contributed by atoms with E-state index in [-0.39, 0.29) is 48.1 Å². The molecule has 294 valence electrons. The minimum atomic E-state index is -0.691. The summed E-state index contributed by atoms with van der Waals surface area (Å²) in [7, 11) is 2.59. The molecule has 4 N–H and O–H groups in total. The van der Waals surface area contributed by atoms with Crippen LogP contribution in [0.3, 0.4) is 0 Å². The summed E-state index contributed by atoms with van der Waals surface area (Å²) in [6.45, 7) is 7.15. The van der Waals surface area contributed by atoms with Crippen LogP contribution in [0.4, 0.5) is 9.59 Å². The lowest BCUT2D eigenvalue weighted by Crippen LogP contribution is -2.51. The number of methoxy groups -OCH3 is 2. The van der Waals surface area contributed by atoms with Crippen molar-refractivity contribution in [3.05, 3.63) is 65.6 Å². The van der Waals surface area contributed by atoms with Gasteiger partial charge in [-0.15, -0.1) is 0 Å². The highest BCUT2D eigenvalue weighted by Crippen LogP contribution is 2.34. The average molecular weight is 756 g/mol. The van der Waals surface area contributed by atoms with Gasteiger partial charge >= 0.3 is 12.2 Å². The standard InChI is InChI=1S/C41H53N7O7/c1-24(2)36(46-41(53)55-5)39(51)48-17-6-8-33(48)37-42-23-32(45-37)27-12-10-26(11-13-27)28-14-15-29-20-31(21-30(29)19-28)44-38(50)34-9-7-16-47(34)35(49)18-25(3)22-43-40(52)54-4/h10-15,19,23-25,31,33-34,36H,6-9,16-18,20-22H2,1-5H3,(H,42,45)(H,43,52)(H,44,50)(H,46,53)/t25-,31?,33?,34-,36-/m0/s1. The number of H-pyrrole nitrogens is 1. The number of nitrogens with one attached hydrogen (secondary N) is 4. The van der Waals surface area contributed by atoms with Crippen molar-refractivity contribution < 1.29 is 33.4 Å². The fraction of sp³-hybridized carbons (Fsp3) is 0.512. The number of ether oxygens (including phenoxy) is 2. The van der Waals surface area contributed by atoms with Crippen molar-refractivity contribution in [2.75, 3.05) is 33.9 Å². The molecule has 0 saturated carbocycles. The Balaban J connectivity index is 1.04. The first kappa shape index (κ1) is 39.3. The number of amides is 5. The lowest BCUT2D eigenvalue weighted by molar-refractivity contribution is -0.139. The molecule has 2 saturated heterocycles. The molecule has 3 aromatic rings. The Hall–Kier alpha value is -5.40. The summed E-state index contributed by atoms with van der Waals surface area (Å²) in [4.78, 5) is 75.0. The molecule has 14 nitrogen and oxygen atoms in total. The van der Waals surface area contributed by atoms with Gasteiger partial charge in [-0.05, 0) is 78.2 Å². The molecular formula is C41H53N7O7. The molecule has 2 aliphatic heterocycles. The number of aromatic amines is 1. The normalized spacial score (nSPS) is 20.1. The minimum absolute atomic E-state index is 0.0399. The van der Waals surface area contributed by atoms with Crippen LogP contribution in [0, 0.1) is 11.8 Å². The highest BCUT2D eigenvalue weighted by atomic mass is 16.5. The quantitative estimate of drug-likeness (QED) is 0.205. The Labute approximate surface area is 322 Å². The fourth-order valence-corrected chi connectivity index (χ4v) is 8.04. The van der Waals surface area contributed by atoms with Gasteiger partial charge < -0.3 is 40.2 Å². The number of carbonyl (C=O) groups excluding carboxylic acids is 5. The second-order valence-electron chi connectivity index (χ2n) is 15.3. The van der Waals surface area contributed by atoms with E-state index in [1.165, 1.54) is 25.3 Å². The molecule has 5 amide bonds. The molecule has 2 fully saturated rings. The molecule has 6 rings (SSSR count). The van der Waals surface area contributed by atoms with E-state index in [2.05, 4.69) is 73.1 Å². The van der Waals surface area contributed by atoms with E-state index in [0.29, 0.717) is 26.1 Å². The lowest BCUT2D eigenvalue weighted by atomic mass is 9.99. The maximum Gasteiger partial charge on any atom is 0.407 e. The number of imidazole rings is 1. The fourth-order valence-electron chi connectivity index (χ4n) is 8.04. The van der Waals surface area contributed by atoms with Gasteiger partial charge in [-0.25, -0.2) is 14.6 Å². The van der Waals surface area contributed by atoms with Gasteiger partial charge in [-0.3, -0.25) is 14.4 Å². The molecule has 55 heavy (non-hydrogen) atoms. The number of benzene rings is 2. The Morgan fingerprint density at radius 3 is 2.25 bits per heavy atom. The summed E-state index contributed by atoms with van der Waals surface area (Å²) >= 11 is 0. The van der Waals surface area contributed by atoms with Crippen molar-refractivity contribution in [2.24, 2.45) is 11.8 Å². The Kier molecular flexibility index (Phi) is 12.4. The largest absolute Gasteiger partial charge is 0.453 e. The third-order valence-electron chi connectivity index (χ3n) is 11.0. The molecule has 1 aliphatic carbocycles. The van der Waals surface area contributed by atoms with Crippen molar-refractivity contribution in [1.29, 1.82) is 0 Å². The number of fused-ring (bicyclic) bond motifs is 1. The van der Waals surface area contributed by atoms with Crippen molar-refractivity contribution in [1.82, 2.24) is 35.7 Å². The smallest absolute Gasteiger partial charge is 0.407 e. The molecule has 0 radical (unpaired) electrons. The van der Waals surface area contributed by atoms with Crippen LogP contribution in [-0.4, -0.2) is 102 Å². The van der Waals surface area contributed by atoms with Crippen LogP contribution in [0.5, 0.6) is 0 Å². The first-order chi connectivity index (χ1) is 26.4. The number of aromatic nitrogens is 2. The van der Waals surface area contributed by atoms with Crippen LogP contribution in [0.15, 0.2) is 48.7 Å². The molecule has 2 aromatic carbocycles. The highest BCUT2D eigenvalue weighted by Gasteiger charge is 2.38. The van der Waals surface area contributed by atoms with E-state index in [4.69, 9.17) is 4.74 Å². The van der Waals surface area contributed by atoms with Crippen molar-refractivity contribution in [2.45, 2.75) is 89.9 Å². The maximum atomic E-state index is 13.5. The molecule has 0 bridgehead atoms. The summed E-state index contributed by atoms with van der Waals surface area (Å²) in [5, 5.41) is 8.55. The summed E-state index contributed by atoms with van der Waals surface area (Å²) in [5.41, 5.74) is 6.40. The predicted octanol–water partition coefficient (Wildman–Crippen LogP) is 4.74. The molecule has 14 heteroatoms. The number of alkyl carbamates (subject to hydrolysis) is 2. The van der Waals surface area contributed by atoms with Crippen LogP contribution in [0.2, 0.25) is 0 Å². The second-order valence-corrected chi connectivity index (χ2v) is 15.3. The third kappa shape index (κ3) is 9.12. The van der Waals surface area contributed by atoms with Gasteiger partial charge in [0, 0.05) is 32.1 Å². The second kappa shape index (κ2) is 17.4. The summed E-state index contributed by atoms with van der Waals surface area (Å²) in [5.74, 6) is 0.202. The first-order valence-electron chi connectivity index (χ1n) is 19.3. The van der Waals surface area contributed by atoms with Gasteiger partial charge in [0.15, 0.2) is 0 Å². The molecule has 5 atom stereocenters. The molecule has 1 aromatic heterocycles. The van der Waals surface area contributed by atoms with Gasteiger partial charge in [-0.1, -0.05) is 63.2 Å². The third-order valence-corrected chi connectivity index (χ3v) is 11.0. The van der Waals surface area contributed by atoms with Gasteiger partial charge in [-0.2, -0.15) is 0 Å². The van der Waals surface area contributed by atoms with Gasteiger partial charge in [0.2, 0.25) is 17.7 Å². The SMILES string of the molecule is COC(=O)NC[C@@H](C)CC(=O)N1CCC[C@H]1C(=O)NC1Cc2ccc(-c3ccc(-c4cnc(C5CCCN5C(=O)[C@@H](NC(=O)OC)C(C)C)[nH]4)cc3)cc2C1. The van der Waals surface area contributed by atoms with Crippen LogP contribution in [0.1, 0.15) is 75.9 Å². The van der Waals surface area contributed by atoms with Crippen LogP contribution < -0.4 is 16.0 Å². The Bertz CT molecular complexity index is 1880. The first-order valence-corrected chi connectivity index (χ1v) is 19.3. The highest BCUT2D eigenvalue weighted by molar-refractivity contribution is 5.89. The molecular weight excluding hydrogens is 702 g/mol. The van der Waals surface area contributed by atoms with Crippen LogP contribution in [-0.2, 0) is 36.7 Å². The minimum Gasteiger partial charge on any atom is -0.453 e. The predicted molar refractivity (Wildman–Crippen MR) is 206 cm³/mol. The summed E-state index contributed by atoms with van der Waals surface area (Å²) in [6.07, 6.45) is 5.39.